The van der Waals surface area contributed by atoms with E-state index < -0.39 is 10.8 Å². The van der Waals surface area contributed by atoms with Crippen molar-refractivity contribution in [2.24, 2.45) is 0 Å². The van der Waals surface area contributed by atoms with E-state index in [0.717, 1.165) is 84.6 Å². The van der Waals surface area contributed by atoms with E-state index in [2.05, 4.69) is 290 Å². The first-order chi connectivity index (χ1) is 38.2. The molecule has 0 fully saturated rings. The van der Waals surface area contributed by atoms with Crippen molar-refractivity contribution in [3.8, 4) is 78.6 Å². The Balaban J connectivity index is 0.876. The first-order valence-electron chi connectivity index (χ1n) is 26.6. The molecule has 2 spiro atoms. The van der Waals surface area contributed by atoms with Crippen molar-refractivity contribution < 1.29 is 9.47 Å². The highest BCUT2D eigenvalue weighted by Crippen LogP contribution is 2.65. The topological polar surface area (TPSA) is 21.7 Å². The van der Waals surface area contributed by atoms with Crippen molar-refractivity contribution in [3.05, 3.63) is 330 Å². The highest BCUT2D eigenvalue weighted by atomic mass is 16.5. The van der Waals surface area contributed by atoms with Crippen molar-refractivity contribution in [1.82, 2.24) is 0 Å². The van der Waals surface area contributed by atoms with E-state index in [0.29, 0.717) is 0 Å². The third-order valence-corrected chi connectivity index (χ3v) is 16.8. The molecule has 2 aliphatic carbocycles. The predicted octanol–water partition coefficient (Wildman–Crippen LogP) is 19.1. The number of nitrogens with zero attached hydrogens (tertiary/aromatic N) is 1. The Morgan fingerprint density at radius 3 is 1.31 bits per heavy atom. The molecule has 12 aromatic carbocycles. The average molecular weight is 982 g/mol. The van der Waals surface area contributed by atoms with Crippen LogP contribution in [0.5, 0.6) is 23.0 Å². The summed E-state index contributed by atoms with van der Waals surface area (Å²) in [5.41, 5.74) is 23.7. The lowest BCUT2D eigenvalue weighted by atomic mass is 9.66. The van der Waals surface area contributed by atoms with Crippen LogP contribution in [0.15, 0.2) is 285 Å². The minimum Gasteiger partial charge on any atom is -0.457 e. The van der Waals surface area contributed by atoms with Gasteiger partial charge in [-0.05, 0) is 133 Å². The molecule has 0 saturated carbocycles. The molecule has 4 aliphatic rings. The second-order valence-corrected chi connectivity index (χ2v) is 20.6. The van der Waals surface area contributed by atoms with Crippen LogP contribution in [0.3, 0.4) is 0 Å². The summed E-state index contributed by atoms with van der Waals surface area (Å²) in [5.74, 6) is 3.56. The molecule has 0 N–H and O–H groups in total. The third kappa shape index (κ3) is 6.14. The van der Waals surface area contributed by atoms with Gasteiger partial charge in [0, 0.05) is 39.2 Å². The number of para-hydroxylation sites is 5. The van der Waals surface area contributed by atoms with Crippen molar-refractivity contribution in [1.29, 1.82) is 0 Å². The minimum atomic E-state index is -0.586. The van der Waals surface area contributed by atoms with Crippen LogP contribution >= 0.6 is 0 Å². The second-order valence-electron chi connectivity index (χ2n) is 20.6. The molecule has 0 bridgehead atoms. The monoisotopic (exact) mass is 981 g/mol. The summed E-state index contributed by atoms with van der Waals surface area (Å²) in [7, 11) is 0. The van der Waals surface area contributed by atoms with Crippen molar-refractivity contribution >= 4 is 17.1 Å². The molecule has 0 atom stereocenters. The van der Waals surface area contributed by atoms with E-state index >= 15 is 0 Å². The number of hydrogen-bond acceptors (Lipinski definition) is 3. The fourth-order valence-electron chi connectivity index (χ4n) is 13.8. The van der Waals surface area contributed by atoms with E-state index in [4.69, 9.17) is 9.47 Å². The van der Waals surface area contributed by atoms with E-state index in [9.17, 15) is 0 Å². The molecule has 0 radical (unpaired) electrons. The lowest BCUT2D eigenvalue weighted by Gasteiger charge is -2.39. The van der Waals surface area contributed by atoms with Gasteiger partial charge in [0.2, 0.25) is 0 Å². The zero-order valence-corrected chi connectivity index (χ0v) is 41.9. The summed E-state index contributed by atoms with van der Waals surface area (Å²) in [6.07, 6.45) is 0. The quantitative estimate of drug-likeness (QED) is 0.166. The summed E-state index contributed by atoms with van der Waals surface area (Å²) in [5, 5.41) is 0. The van der Waals surface area contributed by atoms with Crippen molar-refractivity contribution in [2.45, 2.75) is 10.8 Å². The van der Waals surface area contributed by atoms with Gasteiger partial charge in [-0.3, -0.25) is 0 Å². The van der Waals surface area contributed by atoms with Gasteiger partial charge in [-0.1, -0.05) is 224 Å². The number of rotatable bonds is 6. The summed E-state index contributed by atoms with van der Waals surface area (Å²) in [4.78, 5) is 2.44. The minimum absolute atomic E-state index is 0.547. The molecule has 12 aromatic rings. The Kier molecular flexibility index (Phi) is 9.47. The first-order valence-corrected chi connectivity index (χ1v) is 26.6. The standard InChI is InChI=1S/C74H47NO2/c1-2-20-48(21-3-1)50-22-18-23-53(46-50)75(52-43-40-49(41-44-52)55-27-19-34-65-72(55)58-26-5-8-29-60(58)73(65)61-30-9-14-36-68(61)76-69-37-15-10-31-62(69)73)67-35-13-6-24-54(67)51-42-45-57-56-25-4-7-28-59(56)74(66(57)47-51)63-32-11-16-38-70(63)77-71-39-17-12-33-64(71)74/h1-47H. The molecule has 360 valence electrons. The lowest BCUT2D eigenvalue weighted by molar-refractivity contribution is 0.436. The van der Waals surface area contributed by atoms with E-state index in [-0.39, 0.29) is 0 Å². The van der Waals surface area contributed by atoms with Crippen molar-refractivity contribution in [3.63, 3.8) is 0 Å². The van der Waals surface area contributed by atoms with Gasteiger partial charge in [0.25, 0.3) is 0 Å². The van der Waals surface area contributed by atoms with E-state index in [1.807, 2.05) is 0 Å². The maximum absolute atomic E-state index is 6.71. The number of anilines is 3. The molecule has 0 unspecified atom stereocenters. The molecular formula is C74H47NO2. The molecule has 3 heteroatoms. The number of fused-ring (bicyclic) bond motifs is 18. The van der Waals surface area contributed by atoms with Crippen LogP contribution in [0.4, 0.5) is 17.1 Å². The summed E-state index contributed by atoms with van der Waals surface area (Å²) >= 11 is 0. The van der Waals surface area contributed by atoms with Crippen LogP contribution in [-0.4, -0.2) is 0 Å². The zero-order chi connectivity index (χ0) is 50.7. The Labute approximate surface area is 448 Å². The van der Waals surface area contributed by atoms with Gasteiger partial charge in [-0.2, -0.15) is 0 Å². The van der Waals surface area contributed by atoms with Crippen LogP contribution in [0.25, 0.3) is 55.6 Å². The fraction of sp³-hybridized carbons (Fsp3) is 0.0270. The molecule has 16 rings (SSSR count). The van der Waals surface area contributed by atoms with E-state index in [1.165, 1.54) is 55.6 Å². The van der Waals surface area contributed by atoms with Crippen LogP contribution in [0.1, 0.15) is 44.5 Å². The van der Waals surface area contributed by atoms with Gasteiger partial charge in [0.1, 0.15) is 23.0 Å². The molecular weight excluding hydrogens is 935 g/mol. The Hall–Kier alpha value is -9.96. The number of ether oxygens (including phenoxy) is 2. The molecule has 0 aromatic heterocycles. The largest absolute Gasteiger partial charge is 0.457 e. The fourth-order valence-corrected chi connectivity index (χ4v) is 13.8. The van der Waals surface area contributed by atoms with Crippen LogP contribution in [0, 0.1) is 0 Å². The predicted molar refractivity (Wildman–Crippen MR) is 312 cm³/mol. The van der Waals surface area contributed by atoms with Gasteiger partial charge in [0.05, 0.1) is 16.5 Å². The molecule has 77 heavy (non-hydrogen) atoms. The van der Waals surface area contributed by atoms with Crippen molar-refractivity contribution in [2.75, 3.05) is 4.90 Å². The third-order valence-electron chi connectivity index (χ3n) is 16.8. The van der Waals surface area contributed by atoms with E-state index in [1.54, 1.807) is 0 Å². The highest BCUT2D eigenvalue weighted by Gasteiger charge is 2.53. The molecule has 2 heterocycles. The lowest BCUT2D eigenvalue weighted by Crippen LogP contribution is -2.32. The van der Waals surface area contributed by atoms with Crippen LogP contribution in [0.2, 0.25) is 0 Å². The normalized spacial score (nSPS) is 13.9. The van der Waals surface area contributed by atoms with Gasteiger partial charge in [0.15, 0.2) is 0 Å². The van der Waals surface area contributed by atoms with Crippen LogP contribution in [-0.2, 0) is 10.8 Å². The Morgan fingerprint density at radius 2 is 0.675 bits per heavy atom. The average Bonchev–Trinajstić information content (AvgIpc) is 4.16. The highest BCUT2D eigenvalue weighted by molar-refractivity contribution is 5.98. The summed E-state index contributed by atoms with van der Waals surface area (Å²) in [6, 6.07) is 104. The van der Waals surface area contributed by atoms with Crippen LogP contribution < -0.4 is 14.4 Å². The number of benzene rings is 12. The Bertz CT molecular complexity index is 4270. The van der Waals surface area contributed by atoms with Gasteiger partial charge >= 0.3 is 0 Å². The molecule has 0 saturated heterocycles. The first kappa shape index (κ1) is 43.4. The van der Waals surface area contributed by atoms with Gasteiger partial charge in [-0.15, -0.1) is 0 Å². The Morgan fingerprint density at radius 1 is 0.234 bits per heavy atom. The SMILES string of the molecule is c1ccc(-c2cccc(N(c3ccc(-c4cccc5c4-c4ccccc4C54c5ccccc5Oc5ccccc54)cc3)c3ccccc3-c3ccc4c(c3)C3(c5ccccc5Oc5ccccc53)c3ccccc3-4)c2)cc1. The second kappa shape index (κ2) is 16.8. The van der Waals surface area contributed by atoms with Gasteiger partial charge in [-0.25, -0.2) is 0 Å². The molecule has 2 aliphatic heterocycles. The maximum atomic E-state index is 6.71. The number of hydrogen-bond donors (Lipinski definition) is 0. The maximum Gasteiger partial charge on any atom is 0.132 e. The zero-order valence-electron chi connectivity index (χ0n) is 41.9. The molecule has 3 nitrogen and oxygen atoms in total. The summed E-state index contributed by atoms with van der Waals surface area (Å²) in [6.45, 7) is 0. The summed E-state index contributed by atoms with van der Waals surface area (Å²) < 4.78 is 13.4. The van der Waals surface area contributed by atoms with Gasteiger partial charge < -0.3 is 14.4 Å². The molecule has 0 amide bonds. The smallest absolute Gasteiger partial charge is 0.132 e.